The Kier molecular flexibility index (Phi) is 5.53. The Morgan fingerprint density at radius 2 is 2.00 bits per heavy atom. The molecule has 1 atom stereocenters. The maximum absolute atomic E-state index is 12.8. The predicted molar refractivity (Wildman–Crippen MR) is 94.7 cm³/mol. The fraction of sp³-hybridized carbons (Fsp3) is 0.312. The lowest BCUT2D eigenvalue weighted by molar-refractivity contribution is -0.385. The van der Waals surface area contributed by atoms with Gasteiger partial charge in [0.2, 0.25) is 0 Å². The van der Waals surface area contributed by atoms with Gasteiger partial charge in [0, 0.05) is 17.6 Å². The Bertz CT molecular complexity index is 831. The molecule has 0 bridgehead atoms. The van der Waals surface area contributed by atoms with Gasteiger partial charge in [0.15, 0.2) is 0 Å². The topological polar surface area (TPSA) is 98.5 Å². The molecular weight excluding hydrogens is 383 g/mol. The van der Waals surface area contributed by atoms with E-state index in [-0.39, 0.29) is 34.9 Å². The third-order valence-electron chi connectivity index (χ3n) is 3.92. The molecule has 1 amide bonds. The highest BCUT2D eigenvalue weighted by atomic mass is 35.5. The summed E-state index contributed by atoms with van der Waals surface area (Å²) in [5.41, 5.74) is -0.311. The van der Waals surface area contributed by atoms with Crippen molar-refractivity contribution >= 4 is 34.8 Å². The minimum atomic E-state index is -0.594. The van der Waals surface area contributed by atoms with Crippen molar-refractivity contribution in [3.8, 4) is 6.01 Å². The van der Waals surface area contributed by atoms with Crippen molar-refractivity contribution < 1.29 is 14.5 Å². The number of ether oxygens (including phenoxy) is 1. The summed E-state index contributed by atoms with van der Waals surface area (Å²) in [5, 5.41) is 11.8. The van der Waals surface area contributed by atoms with Crippen LogP contribution in [0.25, 0.3) is 0 Å². The smallest absolute Gasteiger partial charge is 0.316 e. The number of rotatable bonds is 4. The standard InChI is InChI=1S/C16H14Cl2N4O4/c17-10-3-4-14(22(24)25)13(6-10)15(23)21-5-1-2-12(9-21)26-16-19-7-11(18)8-20-16/h3-4,6-8,12H,1-2,5,9H2. The van der Waals surface area contributed by atoms with Gasteiger partial charge in [-0.3, -0.25) is 14.9 Å². The molecule has 1 saturated heterocycles. The first-order valence-electron chi connectivity index (χ1n) is 7.81. The van der Waals surface area contributed by atoms with E-state index in [0.717, 1.165) is 0 Å². The number of halogens is 2. The maximum Gasteiger partial charge on any atom is 0.316 e. The van der Waals surface area contributed by atoms with Crippen molar-refractivity contribution in [2.75, 3.05) is 13.1 Å². The molecule has 0 saturated carbocycles. The average Bonchev–Trinajstić information content (AvgIpc) is 2.63. The Labute approximate surface area is 158 Å². The molecule has 8 nitrogen and oxygen atoms in total. The molecule has 10 heteroatoms. The molecule has 0 N–H and O–H groups in total. The normalized spacial score (nSPS) is 17.0. The van der Waals surface area contributed by atoms with Gasteiger partial charge in [-0.1, -0.05) is 23.2 Å². The summed E-state index contributed by atoms with van der Waals surface area (Å²) in [6.07, 6.45) is 3.94. The number of nitro groups is 1. The van der Waals surface area contributed by atoms with Gasteiger partial charge in [-0.25, -0.2) is 9.97 Å². The molecule has 1 unspecified atom stereocenters. The Morgan fingerprint density at radius 3 is 2.69 bits per heavy atom. The van der Waals surface area contributed by atoms with Crippen molar-refractivity contribution in [2.45, 2.75) is 18.9 Å². The van der Waals surface area contributed by atoms with Crippen LogP contribution in [-0.4, -0.2) is 44.9 Å². The third-order valence-corrected chi connectivity index (χ3v) is 4.35. The zero-order valence-corrected chi connectivity index (χ0v) is 15.0. The van der Waals surface area contributed by atoms with Gasteiger partial charge in [-0.2, -0.15) is 0 Å². The fourth-order valence-electron chi connectivity index (χ4n) is 2.74. The van der Waals surface area contributed by atoms with Crippen LogP contribution in [0.5, 0.6) is 6.01 Å². The molecule has 1 aromatic carbocycles. The quantitative estimate of drug-likeness (QED) is 0.580. The van der Waals surface area contributed by atoms with Crippen LogP contribution in [0, 0.1) is 10.1 Å². The number of amides is 1. The molecule has 0 radical (unpaired) electrons. The predicted octanol–water partition coefficient (Wildman–Crippen LogP) is 3.38. The van der Waals surface area contributed by atoms with Crippen LogP contribution in [0.3, 0.4) is 0 Å². The summed E-state index contributed by atoms with van der Waals surface area (Å²) in [4.78, 5) is 32.8. The Hall–Kier alpha value is -2.45. The second-order valence-electron chi connectivity index (χ2n) is 5.74. The van der Waals surface area contributed by atoms with Crippen LogP contribution in [-0.2, 0) is 0 Å². The van der Waals surface area contributed by atoms with Gasteiger partial charge >= 0.3 is 6.01 Å². The number of benzene rings is 1. The van der Waals surface area contributed by atoms with E-state index in [9.17, 15) is 14.9 Å². The zero-order valence-electron chi connectivity index (χ0n) is 13.5. The summed E-state index contributed by atoms with van der Waals surface area (Å²) < 4.78 is 5.69. The number of aromatic nitrogens is 2. The van der Waals surface area contributed by atoms with E-state index >= 15 is 0 Å². The van der Waals surface area contributed by atoms with E-state index in [1.807, 2.05) is 0 Å². The molecule has 1 fully saturated rings. The monoisotopic (exact) mass is 396 g/mol. The minimum Gasteiger partial charge on any atom is -0.458 e. The lowest BCUT2D eigenvalue weighted by Gasteiger charge is -2.32. The van der Waals surface area contributed by atoms with E-state index in [1.54, 1.807) is 0 Å². The highest BCUT2D eigenvalue weighted by Crippen LogP contribution is 2.26. The molecule has 1 aliphatic rings. The first kappa shape index (κ1) is 18.3. The summed E-state index contributed by atoms with van der Waals surface area (Å²) >= 11 is 11.6. The molecule has 3 rings (SSSR count). The lowest BCUT2D eigenvalue weighted by Crippen LogP contribution is -2.44. The molecule has 26 heavy (non-hydrogen) atoms. The molecule has 1 aromatic heterocycles. The molecule has 0 aliphatic carbocycles. The molecule has 2 heterocycles. The van der Waals surface area contributed by atoms with Crippen molar-refractivity contribution in [2.24, 2.45) is 0 Å². The summed E-state index contributed by atoms with van der Waals surface area (Å²) in [6, 6.07) is 4.10. The molecule has 2 aromatic rings. The molecule has 1 aliphatic heterocycles. The molecule has 0 spiro atoms. The SMILES string of the molecule is O=C(c1cc(Cl)ccc1[N+](=O)[O-])N1CCCC(Oc2ncc(Cl)cn2)C1. The fourth-order valence-corrected chi connectivity index (χ4v) is 3.01. The number of hydrogen-bond acceptors (Lipinski definition) is 6. The number of nitrogens with zero attached hydrogens (tertiary/aromatic N) is 4. The first-order chi connectivity index (χ1) is 12.4. The van der Waals surface area contributed by atoms with Gasteiger partial charge in [-0.05, 0) is 25.0 Å². The third kappa shape index (κ3) is 4.20. The van der Waals surface area contributed by atoms with E-state index in [4.69, 9.17) is 27.9 Å². The number of nitro benzene ring substituents is 1. The van der Waals surface area contributed by atoms with Crippen LogP contribution in [0.2, 0.25) is 10.0 Å². The van der Waals surface area contributed by atoms with Crippen LogP contribution in [0.4, 0.5) is 5.69 Å². The van der Waals surface area contributed by atoms with Crippen molar-refractivity contribution in [3.63, 3.8) is 0 Å². The Morgan fingerprint density at radius 1 is 1.27 bits per heavy atom. The highest BCUT2D eigenvalue weighted by Gasteiger charge is 2.30. The maximum atomic E-state index is 12.8. The first-order valence-corrected chi connectivity index (χ1v) is 8.57. The summed E-state index contributed by atoms with van der Waals surface area (Å²) in [5.74, 6) is -0.454. The Balaban J connectivity index is 1.75. The van der Waals surface area contributed by atoms with Gasteiger partial charge in [0.25, 0.3) is 11.6 Å². The summed E-state index contributed by atoms with van der Waals surface area (Å²) in [6.45, 7) is 0.748. The largest absolute Gasteiger partial charge is 0.458 e. The van der Waals surface area contributed by atoms with Crippen molar-refractivity contribution in [1.29, 1.82) is 0 Å². The van der Waals surface area contributed by atoms with Gasteiger partial charge in [-0.15, -0.1) is 0 Å². The lowest BCUT2D eigenvalue weighted by atomic mass is 10.1. The van der Waals surface area contributed by atoms with E-state index in [0.29, 0.717) is 24.4 Å². The zero-order chi connectivity index (χ0) is 18.7. The van der Waals surface area contributed by atoms with Crippen molar-refractivity contribution in [1.82, 2.24) is 14.9 Å². The van der Waals surface area contributed by atoms with Crippen LogP contribution in [0.1, 0.15) is 23.2 Å². The molecular formula is C16H14Cl2N4O4. The van der Waals surface area contributed by atoms with Gasteiger partial charge in [0.1, 0.15) is 11.7 Å². The number of carbonyl (C=O) groups excluding carboxylic acids is 1. The number of hydrogen-bond donors (Lipinski definition) is 0. The van der Waals surface area contributed by atoms with E-state index in [1.165, 1.54) is 35.5 Å². The second kappa shape index (κ2) is 7.84. The average molecular weight is 397 g/mol. The number of piperidine rings is 1. The van der Waals surface area contributed by atoms with E-state index < -0.39 is 10.8 Å². The molecule has 136 valence electrons. The van der Waals surface area contributed by atoms with Crippen molar-refractivity contribution in [3.05, 3.63) is 56.3 Å². The van der Waals surface area contributed by atoms with Gasteiger partial charge in [0.05, 0.1) is 28.9 Å². The number of carbonyl (C=O) groups is 1. The van der Waals surface area contributed by atoms with E-state index in [2.05, 4.69) is 9.97 Å². The minimum absolute atomic E-state index is 0.0362. The van der Waals surface area contributed by atoms with Crippen LogP contribution < -0.4 is 4.74 Å². The van der Waals surface area contributed by atoms with Gasteiger partial charge < -0.3 is 9.64 Å². The summed E-state index contributed by atoms with van der Waals surface area (Å²) in [7, 11) is 0. The number of likely N-dealkylation sites (tertiary alicyclic amines) is 1. The van der Waals surface area contributed by atoms with Crippen LogP contribution >= 0.6 is 23.2 Å². The highest BCUT2D eigenvalue weighted by molar-refractivity contribution is 6.31. The second-order valence-corrected chi connectivity index (χ2v) is 6.61. The van der Waals surface area contributed by atoms with Crippen LogP contribution in [0.15, 0.2) is 30.6 Å².